The van der Waals surface area contributed by atoms with E-state index in [2.05, 4.69) is 15.9 Å². The summed E-state index contributed by atoms with van der Waals surface area (Å²) >= 11 is 14.9. The minimum Gasteiger partial charge on any atom is -0.449 e. The number of rotatable bonds is 3. The number of benzene rings is 2. The molecule has 0 aromatic heterocycles. The molecule has 0 saturated carbocycles. The van der Waals surface area contributed by atoms with Gasteiger partial charge in [-0.3, -0.25) is 10.1 Å². The number of halogens is 3. The highest BCUT2D eigenvalue weighted by atomic mass is 79.9. The summed E-state index contributed by atoms with van der Waals surface area (Å²) in [7, 11) is 0. The van der Waals surface area contributed by atoms with E-state index in [0.29, 0.717) is 15.2 Å². The molecule has 0 heterocycles. The molecule has 0 amide bonds. The number of nitro benzene ring substituents is 1. The van der Waals surface area contributed by atoms with Crippen LogP contribution in [0.5, 0.6) is 11.5 Å². The Morgan fingerprint density at radius 3 is 2.42 bits per heavy atom. The van der Waals surface area contributed by atoms with Crippen LogP contribution in [0.15, 0.2) is 40.9 Å². The fraction of sp³-hybridized carbons (Fsp3) is 0. The number of nitro groups is 1. The van der Waals surface area contributed by atoms with Crippen LogP contribution in [0.25, 0.3) is 0 Å². The average Bonchev–Trinajstić information content (AvgIpc) is 2.34. The molecule has 2 aromatic carbocycles. The summed E-state index contributed by atoms with van der Waals surface area (Å²) in [4.78, 5) is 10.4. The van der Waals surface area contributed by atoms with Gasteiger partial charge in [0.05, 0.1) is 9.95 Å². The van der Waals surface area contributed by atoms with Crippen molar-refractivity contribution in [2.45, 2.75) is 0 Å². The van der Waals surface area contributed by atoms with E-state index in [0.717, 1.165) is 0 Å². The lowest BCUT2D eigenvalue weighted by atomic mass is 10.3. The Kier molecular flexibility index (Phi) is 4.29. The first-order chi connectivity index (χ1) is 8.97. The molecule has 0 radical (unpaired) electrons. The van der Waals surface area contributed by atoms with E-state index in [9.17, 15) is 10.1 Å². The van der Waals surface area contributed by atoms with Gasteiger partial charge in [0, 0.05) is 15.6 Å². The molecule has 0 spiro atoms. The summed E-state index contributed by atoms with van der Waals surface area (Å²) in [5, 5.41) is 11.7. The zero-order valence-electron chi connectivity index (χ0n) is 9.27. The van der Waals surface area contributed by atoms with Gasteiger partial charge in [0.2, 0.25) is 5.75 Å². The van der Waals surface area contributed by atoms with Gasteiger partial charge in [0.15, 0.2) is 0 Å². The second-order valence-electron chi connectivity index (χ2n) is 3.55. The van der Waals surface area contributed by atoms with Crippen molar-refractivity contribution >= 4 is 44.8 Å². The Morgan fingerprint density at radius 2 is 1.79 bits per heavy atom. The quantitative estimate of drug-likeness (QED) is 0.538. The molecule has 19 heavy (non-hydrogen) atoms. The Morgan fingerprint density at radius 1 is 1.11 bits per heavy atom. The summed E-state index contributed by atoms with van der Waals surface area (Å²) in [6.45, 7) is 0. The summed E-state index contributed by atoms with van der Waals surface area (Å²) in [6.07, 6.45) is 0. The molecule has 2 rings (SSSR count). The van der Waals surface area contributed by atoms with E-state index < -0.39 is 4.92 Å². The summed E-state index contributed by atoms with van der Waals surface area (Å²) in [5.41, 5.74) is -0.152. The third-order valence-corrected chi connectivity index (χ3v) is 3.26. The van der Waals surface area contributed by atoms with Gasteiger partial charge in [-0.05, 0) is 30.3 Å². The zero-order chi connectivity index (χ0) is 14.0. The van der Waals surface area contributed by atoms with Crippen LogP contribution in [0.2, 0.25) is 10.0 Å². The highest BCUT2D eigenvalue weighted by Crippen LogP contribution is 2.37. The van der Waals surface area contributed by atoms with E-state index in [-0.39, 0.29) is 16.5 Å². The van der Waals surface area contributed by atoms with E-state index in [1.165, 1.54) is 18.2 Å². The van der Waals surface area contributed by atoms with Crippen LogP contribution in [0.4, 0.5) is 5.69 Å². The van der Waals surface area contributed by atoms with E-state index in [4.69, 9.17) is 27.9 Å². The van der Waals surface area contributed by atoms with Gasteiger partial charge in [-0.2, -0.15) is 0 Å². The molecule has 0 N–H and O–H groups in total. The standard InChI is InChI=1S/C12H6BrCl2NO3/c13-7-1-3-12(10(5-7)16(17)18)19-11-4-2-8(14)6-9(11)15/h1-6H. The SMILES string of the molecule is O=[N+]([O-])c1cc(Br)ccc1Oc1ccc(Cl)cc1Cl. The molecule has 0 bridgehead atoms. The second kappa shape index (κ2) is 5.77. The van der Waals surface area contributed by atoms with E-state index in [1.807, 2.05) is 0 Å². The predicted molar refractivity (Wildman–Crippen MR) is 77.3 cm³/mol. The first-order valence-corrected chi connectivity index (χ1v) is 6.59. The largest absolute Gasteiger partial charge is 0.449 e. The molecule has 0 aliphatic rings. The molecular weight excluding hydrogens is 357 g/mol. The normalized spacial score (nSPS) is 10.3. The number of ether oxygens (including phenoxy) is 1. The van der Waals surface area contributed by atoms with Gasteiger partial charge in [-0.15, -0.1) is 0 Å². The molecule has 98 valence electrons. The van der Waals surface area contributed by atoms with E-state index >= 15 is 0 Å². The topological polar surface area (TPSA) is 52.4 Å². The second-order valence-corrected chi connectivity index (χ2v) is 5.31. The van der Waals surface area contributed by atoms with Crippen molar-refractivity contribution < 1.29 is 9.66 Å². The maximum Gasteiger partial charge on any atom is 0.312 e. The van der Waals surface area contributed by atoms with Crippen molar-refractivity contribution in [3.63, 3.8) is 0 Å². The molecule has 0 saturated heterocycles. The maximum atomic E-state index is 11.0. The summed E-state index contributed by atoms with van der Waals surface area (Å²) < 4.78 is 6.05. The van der Waals surface area contributed by atoms with Crippen molar-refractivity contribution in [1.82, 2.24) is 0 Å². The molecule has 0 aliphatic carbocycles. The van der Waals surface area contributed by atoms with Gasteiger partial charge < -0.3 is 4.74 Å². The van der Waals surface area contributed by atoms with Crippen LogP contribution in [-0.2, 0) is 0 Å². The molecule has 2 aromatic rings. The van der Waals surface area contributed by atoms with Crippen LogP contribution in [0.3, 0.4) is 0 Å². The monoisotopic (exact) mass is 361 g/mol. The third-order valence-electron chi connectivity index (χ3n) is 2.23. The van der Waals surface area contributed by atoms with Crippen LogP contribution in [0, 0.1) is 10.1 Å². The van der Waals surface area contributed by atoms with Gasteiger partial charge in [-0.1, -0.05) is 39.1 Å². The Bertz CT molecular complexity index is 649. The van der Waals surface area contributed by atoms with Crippen LogP contribution in [0.1, 0.15) is 0 Å². The van der Waals surface area contributed by atoms with Gasteiger partial charge >= 0.3 is 5.69 Å². The Labute approximate surface area is 127 Å². The molecule has 0 unspecified atom stereocenters. The minimum atomic E-state index is -0.524. The Balaban J connectivity index is 2.40. The number of hydrogen-bond acceptors (Lipinski definition) is 3. The smallest absolute Gasteiger partial charge is 0.312 e. The maximum absolute atomic E-state index is 11.0. The number of hydrogen-bond donors (Lipinski definition) is 0. The van der Waals surface area contributed by atoms with Gasteiger partial charge in [-0.25, -0.2) is 0 Å². The predicted octanol–water partition coefficient (Wildman–Crippen LogP) is 5.46. The van der Waals surface area contributed by atoms with Gasteiger partial charge in [0.1, 0.15) is 5.75 Å². The first-order valence-electron chi connectivity index (χ1n) is 5.04. The average molecular weight is 363 g/mol. The molecule has 7 heteroatoms. The van der Waals surface area contributed by atoms with Crippen molar-refractivity contribution in [1.29, 1.82) is 0 Å². The summed E-state index contributed by atoms with van der Waals surface area (Å²) in [6, 6.07) is 9.14. The lowest BCUT2D eigenvalue weighted by Gasteiger charge is -2.08. The zero-order valence-corrected chi connectivity index (χ0v) is 12.4. The number of nitrogens with zero attached hydrogens (tertiary/aromatic N) is 1. The lowest BCUT2D eigenvalue weighted by molar-refractivity contribution is -0.385. The van der Waals surface area contributed by atoms with Crippen LogP contribution >= 0.6 is 39.1 Å². The van der Waals surface area contributed by atoms with Crippen LogP contribution in [-0.4, -0.2) is 4.92 Å². The third kappa shape index (κ3) is 3.37. The highest BCUT2D eigenvalue weighted by molar-refractivity contribution is 9.10. The molecule has 0 aliphatic heterocycles. The van der Waals surface area contributed by atoms with Crippen molar-refractivity contribution in [3.8, 4) is 11.5 Å². The van der Waals surface area contributed by atoms with Crippen molar-refractivity contribution in [2.75, 3.05) is 0 Å². The molecule has 4 nitrogen and oxygen atoms in total. The highest BCUT2D eigenvalue weighted by Gasteiger charge is 2.17. The van der Waals surface area contributed by atoms with Crippen molar-refractivity contribution in [3.05, 3.63) is 61.0 Å². The molecular formula is C12H6BrCl2NO3. The molecule has 0 fully saturated rings. The minimum absolute atomic E-state index is 0.109. The fourth-order valence-corrected chi connectivity index (χ4v) is 2.19. The van der Waals surface area contributed by atoms with Crippen LogP contribution < -0.4 is 4.74 Å². The fourth-order valence-electron chi connectivity index (χ4n) is 1.40. The first kappa shape index (κ1) is 14.1. The van der Waals surface area contributed by atoms with Gasteiger partial charge in [0.25, 0.3) is 0 Å². The van der Waals surface area contributed by atoms with E-state index in [1.54, 1.807) is 18.2 Å². The van der Waals surface area contributed by atoms with Crippen molar-refractivity contribution in [2.24, 2.45) is 0 Å². The summed E-state index contributed by atoms with van der Waals surface area (Å²) in [5.74, 6) is 0.411. The molecule has 0 atom stereocenters. The Hall–Kier alpha value is -1.30. The lowest BCUT2D eigenvalue weighted by Crippen LogP contribution is -1.93.